The van der Waals surface area contributed by atoms with Crippen molar-refractivity contribution in [3.63, 3.8) is 0 Å². The van der Waals surface area contributed by atoms with Crippen molar-refractivity contribution in [2.75, 3.05) is 4.72 Å². The van der Waals surface area contributed by atoms with Gasteiger partial charge in [-0.05, 0) is 35.9 Å². The smallest absolute Gasteiger partial charge is 0.267 e. The van der Waals surface area contributed by atoms with E-state index >= 15 is 0 Å². The van der Waals surface area contributed by atoms with Crippen LogP contribution in [0.2, 0.25) is 0 Å². The van der Waals surface area contributed by atoms with E-state index in [1.807, 2.05) is 0 Å². The van der Waals surface area contributed by atoms with Gasteiger partial charge in [0.1, 0.15) is 4.90 Å². The SMILES string of the molecule is O=C(C=Cc1ccc(NS(=O)(=O)c2cccc3cccnc23)cc1)NO. The number of anilines is 1. The Morgan fingerprint density at radius 3 is 2.50 bits per heavy atom. The molecule has 0 spiro atoms. The second-order valence-electron chi connectivity index (χ2n) is 5.37. The van der Waals surface area contributed by atoms with E-state index in [0.29, 0.717) is 16.8 Å². The number of nitrogens with zero attached hydrogens (tertiary/aromatic N) is 1. The predicted octanol–water partition coefficient (Wildman–Crippen LogP) is 2.55. The van der Waals surface area contributed by atoms with Crippen LogP contribution >= 0.6 is 0 Å². The van der Waals surface area contributed by atoms with Crippen molar-refractivity contribution >= 4 is 38.6 Å². The van der Waals surface area contributed by atoms with Crippen molar-refractivity contribution in [2.24, 2.45) is 0 Å². The van der Waals surface area contributed by atoms with Gasteiger partial charge in [-0.25, -0.2) is 13.9 Å². The van der Waals surface area contributed by atoms with Crippen LogP contribution in [0.15, 0.2) is 71.8 Å². The molecule has 7 nitrogen and oxygen atoms in total. The highest BCUT2D eigenvalue weighted by Crippen LogP contribution is 2.23. The largest absolute Gasteiger partial charge is 0.288 e. The fourth-order valence-corrected chi connectivity index (χ4v) is 3.61. The van der Waals surface area contributed by atoms with Gasteiger partial charge < -0.3 is 0 Å². The summed E-state index contributed by atoms with van der Waals surface area (Å²) in [6.07, 6.45) is 4.18. The molecule has 0 fully saturated rings. The highest BCUT2D eigenvalue weighted by Gasteiger charge is 2.18. The van der Waals surface area contributed by atoms with E-state index in [1.54, 1.807) is 54.7 Å². The Kier molecular flexibility index (Phi) is 4.97. The fraction of sp³-hybridized carbons (Fsp3) is 0. The number of hydrogen-bond acceptors (Lipinski definition) is 5. The molecule has 1 amide bonds. The summed E-state index contributed by atoms with van der Waals surface area (Å²) >= 11 is 0. The van der Waals surface area contributed by atoms with Crippen LogP contribution < -0.4 is 10.2 Å². The van der Waals surface area contributed by atoms with Crippen LogP contribution in [0.4, 0.5) is 5.69 Å². The van der Waals surface area contributed by atoms with Crippen LogP contribution in [0.25, 0.3) is 17.0 Å². The Bertz CT molecular complexity index is 1070. The molecule has 2 aromatic carbocycles. The lowest BCUT2D eigenvalue weighted by Crippen LogP contribution is -2.14. The maximum absolute atomic E-state index is 12.7. The Labute approximate surface area is 150 Å². The average Bonchev–Trinajstić information content (AvgIpc) is 2.66. The highest BCUT2D eigenvalue weighted by atomic mass is 32.2. The van der Waals surface area contributed by atoms with Crippen molar-refractivity contribution in [3.05, 3.63) is 72.4 Å². The molecule has 0 atom stereocenters. The molecular formula is C18H15N3O4S. The minimum absolute atomic E-state index is 0.0965. The summed E-state index contributed by atoms with van der Waals surface area (Å²) in [5.41, 5.74) is 2.93. The van der Waals surface area contributed by atoms with E-state index in [-0.39, 0.29) is 4.90 Å². The molecule has 0 unspecified atom stereocenters. The zero-order chi connectivity index (χ0) is 18.6. The van der Waals surface area contributed by atoms with Gasteiger partial charge in [-0.15, -0.1) is 0 Å². The van der Waals surface area contributed by atoms with Crippen LogP contribution in [-0.2, 0) is 14.8 Å². The predicted molar refractivity (Wildman–Crippen MR) is 98.0 cm³/mol. The lowest BCUT2D eigenvalue weighted by molar-refractivity contribution is -0.124. The molecule has 1 heterocycles. The zero-order valence-corrected chi connectivity index (χ0v) is 14.3. The topological polar surface area (TPSA) is 108 Å². The number of benzene rings is 2. The quantitative estimate of drug-likeness (QED) is 0.364. The van der Waals surface area contributed by atoms with Crippen LogP contribution in [0, 0.1) is 0 Å². The lowest BCUT2D eigenvalue weighted by atomic mass is 10.2. The number of fused-ring (bicyclic) bond motifs is 1. The molecule has 3 aromatic rings. The van der Waals surface area contributed by atoms with E-state index in [1.165, 1.54) is 17.6 Å². The number of para-hydroxylation sites is 1. The number of carbonyl (C=O) groups is 1. The normalized spacial score (nSPS) is 11.6. The third-order valence-corrected chi connectivity index (χ3v) is 5.00. The first-order valence-electron chi connectivity index (χ1n) is 7.58. The van der Waals surface area contributed by atoms with Crippen LogP contribution in [-0.4, -0.2) is 24.5 Å². The Morgan fingerprint density at radius 1 is 1.04 bits per heavy atom. The van der Waals surface area contributed by atoms with E-state index < -0.39 is 15.9 Å². The summed E-state index contributed by atoms with van der Waals surface area (Å²) in [4.78, 5) is 15.2. The first-order chi connectivity index (χ1) is 12.5. The maximum atomic E-state index is 12.7. The second kappa shape index (κ2) is 7.34. The van der Waals surface area contributed by atoms with Gasteiger partial charge in [0.15, 0.2) is 0 Å². The number of hydroxylamine groups is 1. The van der Waals surface area contributed by atoms with Crippen molar-refractivity contribution in [1.82, 2.24) is 10.5 Å². The van der Waals surface area contributed by atoms with Gasteiger partial charge in [0.05, 0.1) is 5.52 Å². The zero-order valence-electron chi connectivity index (χ0n) is 13.5. The van der Waals surface area contributed by atoms with E-state index in [4.69, 9.17) is 5.21 Å². The molecule has 0 aliphatic rings. The van der Waals surface area contributed by atoms with Gasteiger partial charge in [-0.3, -0.25) is 19.7 Å². The Balaban J connectivity index is 1.85. The fourth-order valence-electron chi connectivity index (χ4n) is 2.37. The first kappa shape index (κ1) is 17.6. The summed E-state index contributed by atoms with van der Waals surface area (Å²) in [6.45, 7) is 0. The summed E-state index contributed by atoms with van der Waals surface area (Å²) in [6, 6.07) is 14.9. The number of aromatic nitrogens is 1. The molecule has 0 saturated heterocycles. The standard InChI is InChI=1S/C18H15N3O4S/c22-17(20-23)11-8-13-6-9-15(10-7-13)21-26(24,25)16-5-1-3-14-4-2-12-19-18(14)16/h1-12,21,23H,(H,20,22). The molecule has 26 heavy (non-hydrogen) atoms. The molecule has 132 valence electrons. The van der Waals surface area contributed by atoms with Gasteiger partial charge >= 0.3 is 0 Å². The molecule has 1 aromatic heterocycles. The maximum Gasteiger partial charge on any atom is 0.267 e. The molecule has 0 aliphatic heterocycles. The van der Waals surface area contributed by atoms with Gasteiger partial charge in [0.25, 0.3) is 15.9 Å². The second-order valence-corrected chi connectivity index (χ2v) is 7.02. The monoisotopic (exact) mass is 369 g/mol. The molecular weight excluding hydrogens is 354 g/mol. The van der Waals surface area contributed by atoms with Crippen molar-refractivity contribution in [1.29, 1.82) is 0 Å². The summed E-state index contributed by atoms with van der Waals surface area (Å²) in [5.74, 6) is -0.654. The van der Waals surface area contributed by atoms with Crippen LogP contribution in [0.5, 0.6) is 0 Å². The minimum atomic E-state index is -3.81. The molecule has 3 N–H and O–H groups in total. The number of rotatable bonds is 5. The molecule has 8 heteroatoms. The Hall–Kier alpha value is -3.23. The molecule has 3 rings (SSSR count). The van der Waals surface area contributed by atoms with Crippen LogP contribution in [0.3, 0.4) is 0 Å². The van der Waals surface area contributed by atoms with E-state index in [0.717, 1.165) is 11.5 Å². The van der Waals surface area contributed by atoms with Gasteiger partial charge in [-0.2, -0.15) is 0 Å². The molecule has 0 aliphatic carbocycles. The van der Waals surface area contributed by atoms with E-state index in [2.05, 4.69) is 9.71 Å². The third-order valence-electron chi connectivity index (χ3n) is 3.59. The van der Waals surface area contributed by atoms with Gasteiger partial charge in [-0.1, -0.05) is 30.3 Å². The number of sulfonamides is 1. The molecule has 0 radical (unpaired) electrons. The third kappa shape index (κ3) is 3.88. The summed E-state index contributed by atoms with van der Waals surface area (Å²) in [7, 11) is -3.81. The molecule has 0 saturated carbocycles. The van der Waals surface area contributed by atoms with E-state index in [9.17, 15) is 13.2 Å². The van der Waals surface area contributed by atoms with Gasteiger partial charge in [0, 0.05) is 23.3 Å². The highest BCUT2D eigenvalue weighted by molar-refractivity contribution is 7.93. The van der Waals surface area contributed by atoms with Crippen molar-refractivity contribution in [3.8, 4) is 0 Å². The molecule has 0 bridgehead atoms. The number of hydrogen-bond donors (Lipinski definition) is 3. The lowest BCUT2D eigenvalue weighted by Gasteiger charge is -2.10. The van der Waals surface area contributed by atoms with Crippen molar-refractivity contribution in [2.45, 2.75) is 4.90 Å². The summed E-state index contributed by atoms with van der Waals surface area (Å²) < 4.78 is 27.9. The minimum Gasteiger partial charge on any atom is -0.288 e. The van der Waals surface area contributed by atoms with Crippen LogP contribution in [0.1, 0.15) is 5.56 Å². The number of nitrogens with one attached hydrogen (secondary N) is 2. The average molecular weight is 369 g/mol. The number of amides is 1. The summed E-state index contributed by atoms with van der Waals surface area (Å²) in [5, 5.41) is 9.17. The Morgan fingerprint density at radius 2 is 1.77 bits per heavy atom. The van der Waals surface area contributed by atoms with Gasteiger partial charge in [0.2, 0.25) is 0 Å². The van der Waals surface area contributed by atoms with Crippen molar-refractivity contribution < 1.29 is 18.4 Å². The number of pyridine rings is 1. The first-order valence-corrected chi connectivity index (χ1v) is 9.07. The number of carbonyl (C=O) groups excluding carboxylic acids is 1.